The van der Waals surface area contributed by atoms with Crippen molar-refractivity contribution in [3.05, 3.63) is 35.4 Å². The van der Waals surface area contributed by atoms with Crippen LogP contribution in [0.5, 0.6) is 0 Å². The van der Waals surface area contributed by atoms with Crippen molar-refractivity contribution in [2.75, 3.05) is 13.1 Å². The van der Waals surface area contributed by atoms with Gasteiger partial charge >= 0.3 is 0 Å². The Hall–Kier alpha value is -1.64. The van der Waals surface area contributed by atoms with Gasteiger partial charge in [-0.3, -0.25) is 9.59 Å². The monoisotopic (exact) mass is 273 g/mol. The molecule has 0 spiro atoms. The highest BCUT2D eigenvalue weighted by Crippen LogP contribution is 2.16. The average Bonchev–Trinajstić information content (AvgIpc) is 2.46. The van der Waals surface area contributed by atoms with Crippen LogP contribution in [0.4, 0.5) is 0 Å². The Balaban J connectivity index is 1.82. The smallest absolute Gasteiger partial charge is 0.222 e. The zero-order chi connectivity index (χ0) is 14.5. The lowest BCUT2D eigenvalue weighted by molar-refractivity contribution is -0.134. The fraction of sp³-hybridized carbons (Fsp3) is 0.529. The van der Waals surface area contributed by atoms with Gasteiger partial charge < -0.3 is 4.90 Å². The summed E-state index contributed by atoms with van der Waals surface area (Å²) < 4.78 is 0. The number of hydrogen-bond donors (Lipinski definition) is 0. The number of amides is 1. The fourth-order valence-corrected chi connectivity index (χ4v) is 2.48. The van der Waals surface area contributed by atoms with Crippen molar-refractivity contribution in [1.82, 2.24) is 4.90 Å². The molecule has 1 amide bonds. The van der Waals surface area contributed by atoms with Crippen LogP contribution >= 0.6 is 0 Å². The summed E-state index contributed by atoms with van der Waals surface area (Å²) in [6.07, 6.45) is 2.36. The average molecular weight is 273 g/mol. The Morgan fingerprint density at radius 2 is 1.75 bits per heavy atom. The maximum absolute atomic E-state index is 12.1. The van der Waals surface area contributed by atoms with E-state index in [1.54, 1.807) is 0 Å². The van der Waals surface area contributed by atoms with Gasteiger partial charge in [-0.1, -0.05) is 38.1 Å². The lowest BCUT2D eigenvalue weighted by Crippen LogP contribution is -2.38. The van der Waals surface area contributed by atoms with E-state index in [1.807, 2.05) is 4.90 Å². The maximum atomic E-state index is 12.1. The summed E-state index contributed by atoms with van der Waals surface area (Å²) in [7, 11) is 0. The van der Waals surface area contributed by atoms with E-state index in [-0.39, 0.29) is 11.7 Å². The largest absolute Gasteiger partial charge is 0.342 e. The molecule has 1 aromatic carbocycles. The number of ketones is 1. The molecule has 1 aliphatic heterocycles. The van der Waals surface area contributed by atoms with Gasteiger partial charge in [-0.15, -0.1) is 0 Å². The summed E-state index contributed by atoms with van der Waals surface area (Å²) in [6, 6.07) is 8.51. The first kappa shape index (κ1) is 14.8. The number of carbonyl (C=O) groups excluding carboxylic acids is 2. The Morgan fingerprint density at radius 3 is 2.30 bits per heavy atom. The number of rotatable bonds is 4. The third-order valence-electron chi connectivity index (χ3n) is 3.95. The predicted octanol–water partition coefficient (Wildman–Crippen LogP) is 2.93. The minimum atomic E-state index is 0.172. The van der Waals surface area contributed by atoms with E-state index in [9.17, 15) is 9.59 Å². The van der Waals surface area contributed by atoms with Gasteiger partial charge in [0, 0.05) is 32.4 Å². The van der Waals surface area contributed by atoms with Crippen LogP contribution in [0, 0.1) is 0 Å². The summed E-state index contributed by atoms with van der Waals surface area (Å²) in [6.45, 7) is 5.56. The summed E-state index contributed by atoms with van der Waals surface area (Å²) in [4.78, 5) is 25.1. The van der Waals surface area contributed by atoms with Gasteiger partial charge in [0.05, 0.1) is 0 Å². The third kappa shape index (κ3) is 3.92. The van der Waals surface area contributed by atoms with Crippen molar-refractivity contribution in [3.8, 4) is 0 Å². The van der Waals surface area contributed by atoms with Crippen molar-refractivity contribution in [2.45, 2.75) is 45.4 Å². The molecule has 1 aromatic rings. The Labute approximate surface area is 121 Å². The lowest BCUT2D eigenvalue weighted by Gasteiger charge is -2.26. The van der Waals surface area contributed by atoms with Gasteiger partial charge in [0.15, 0.2) is 0 Å². The van der Waals surface area contributed by atoms with E-state index < -0.39 is 0 Å². The molecule has 0 saturated carbocycles. The highest BCUT2D eigenvalue weighted by Gasteiger charge is 2.20. The first-order valence-corrected chi connectivity index (χ1v) is 7.44. The van der Waals surface area contributed by atoms with Crippen molar-refractivity contribution in [3.63, 3.8) is 0 Å². The molecule has 0 radical (unpaired) electrons. The molecule has 0 N–H and O–H groups in total. The number of piperidine rings is 1. The second kappa shape index (κ2) is 6.69. The van der Waals surface area contributed by atoms with Crippen molar-refractivity contribution < 1.29 is 9.59 Å². The fourth-order valence-electron chi connectivity index (χ4n) is 2.48. The first-order valence-electron chi connectivity index (χ1n) is 7.44. The van der Waals surface area contributed by atoms with Gasteiger partial charge in [0.2, 0.25) is 5.91 Å². The van der Waals surface area contributed by atoms with E-state index in [0.717, 1.165) is 6.42 Å². The SMILES string of the molecule is CC(C)c1ccc(CCC(=O)N2CCC(=O)CC2)cc1. The van der Waals surface area contributed by atoms with Gasteiger partial charge in [-0.25, -0.2) is 0 Å². The number of benzene rings is 1. The predicted molar refractivity (Wildman–Crippen MR) is 79.7 cm³/mol. The van der Waals surface area contributed by atoms with Crippen LogP contribution in [0.3, 0.4) is 0 Å². The van der Waals surface area contributed by atoms with Crippen molar-refractivity contribution in [1.29, 1.82) is 0 Å². The highest BCUT2D eigenvalue weighted by atomic mass is 16.2. The zero-order valence-electron chi connectivity index (χ0n) is 12.4. The second-order valence-corrected chi connectivity index (χ2v) is 5.82. The number of hydrogen-bond acceptors (Lipinski definition) is 2. The molecule has 0 unspecified atom stereocenters. The molecule has 0 aromatic heterocycles. The number of carbonyl (C=O) groups is 2. The maximum Gasteiger partial charge on any atom is 0.222 e. The molecule has 0 bridgehead atoms. The van der Waals surface area contributed by atoms with Crippen LogP contribution in [0.15, 0.2) is 24.3 Å². The van der Waals surface area contributed by atoms with E-state index >= 15 is 0 Å². The number of Topliss-reactive ketones (excluding diaryl/α,β-unsaturated/α-hetero) is 1. The Morgan fingerprint density at radius 1 is 1.15 bits per heavy atom. The van der Waals surface area contributed by atoms with Gasteiger partial charge in [-0.2, -0.15) is 0 Å². The molecule has 1 aliphatic rings. The number of nitrogens with zero attached hydrogens (tertiary/aromatic N) is 1. The van der Waals surface area contributed by atoms with Crippen molar-refractivity contribution >= 4 is 11.7 Å². The molecule has 108 valence electrons. The van der Waals surface area contributed by atoms with E-state index in [4.69, 9.17) is 0 Å². The molecule has 1 fully saturated rings. The standard InChI is InChI=1S/C17H23NO2/c1-13(2)15-6-3-14(4-7-15)5-8-17(20)18-11-9-16(19)10-12-18/h3-4,6-7,13H,5,8-12H2,1-2H3. The number of aryl methyl sites for hydroxylation is 1. The lowest BCUT2D eigenvalue weighted by atomic mass is 10.00. The zero-order valence-corrected chi connectivity index (χ0v) is 12.4. The van der Waals surface area contributed by atoms with Gasteiger partial charge in [0.25, 0.3) is 0 Å². The van der Waals surface area contributed by atoms with E-state index in [1.165, 1.54) is 11.1 Å². The van der Waals surface area contributed by atoms with E-state index in [0.29, 0.717) is 38.3 Å². The Bertz CT molecular complexity index is 466. The van der Waals surface area contributed by atoms with Crippen molar-refractivity contribution in [2.24, 2.45) is 0 Å². The summed E-state index contributed by atoms with van der Waals surface area (Å²) in [5.41, 5.74) is 2.53. The minimum Gasteiger partial charge on any atom is -0.342 e. The molecule has 20 heavy (non-hydrogen) atoms. The van der Waals surface area contributed by atoms with Crippen LogP contribution in [0.25, 0.3) is 0 Å². The van der Waals surface area contributed by atoms with Crippen LogP contribution in [-0.4, -0.2) is 29.7 Å². The summed E-state index contributed by atoms with van der Waals surface area (Å²) >= 11 is 0. The molecule has 0 aliphatic carbocycles. The summed E-state index contributed by atoms with van der Waals surface area (Å²) in [5.74, 6) is 0.986. The first-order chi connectivity index (χ1) is 9.56. The third-order valence-corrected chi connectivity index (χ3v) is 3.95. The highest BCUT2D eigenvalue weighted by molar-refractivity contribution is 5.83. The molecule has 1 heterocycles. The van der Waals surface area contributed by atoms with E-state index in [2.05, 4.69) is 38.1 Å². The molecule has 0 atom stereocenters. The molecule has 2 rings (SSSR count). The molecule has 3 heteroatoms. The second-order valence-electron chi connectivity index (χ2n) is 5.82. The number of likely N-dealkylation sites (tertiary alicyclic amines) is 1. The summed E-state index contributed by atoms with van der Waals surface area (Å²) in [5, 5.41) is 0. The molecular formula is C17H23NO2. The van der Waals surface area contributed by atoms with Gasteiger partial charge in [-0.05, 0) is 23.5 Å². The van der Waals surface area contributed by atoms with Gasteiger partial charge in [0.1, 0.15) is 5.78 Å². The van der Waals surface area contributed by atoms with Crippen LogP contribution in [0.2, 0.25) is 0 Å². The molecule has 1 saturated heterocycles. The van der Waals surface area contributed by atoms with Crippen LogP contribution in [-0.2, 0) is 16.0 Å². The quantitative estimate of drug-likeness (QED) is 0.846. The Kier molecular flexibility index (Phi) is 4.94. The molecule has 3 nitrogen and oxygen atoms in total. The minimum absolute atomic E-state index is 0.172. The molecular weight excluding hydrogens is 250 g/mol. The normalized spacial score (nSPS) is 15.8. The van der Waals surface area contributed by atoms with Crippen LogP contribution in [0.1, 0.15) is 50.2 Å². The topological polar surface area (TPSA) is 37.4 Å². The van der Waals surface area contributed by atoms with Crippen LogP contribution < -0.4 is 0 Å².